The Balaban J connectivity index is 1.43. The van der Waals surface area contributed by atoms with Crippen LogP contribution in [-0.4, -0.2) is 65.5 Å². The number of anilines is 1. The highest BCUT2D eigenvalue weighted by Gasteiger charge is 2.31. The van der Waals surface area contributed by atoms with Gasteiger partial charge in [-0.1, -0.05) is 36.4 Å². The smallest absolute Gasteiger partial charge is 0.173 e. The highest BCUT2D eigenvalue weighted by atomic mass is 19.1. The minimum atomic E-state index is -0.264. The number of ether oxygens (including phenoxy) is 2. The molecule has 0 spiro atoms. The number of halogens is 1. The second-order valence-corrected chi connectivity index (χ2v) is 8.69. The molecule has 1 aliphatic heterocycles. The Morgan fingerprint density at radius 2 is 1.58 bits per heavy atom. The minimum absolute atomic E-state index is 0.147. The zero-order chi connectivity index (χ0) is 24.9. The molecular weight excluding hydrogens is 459 g/mol. The van der Waals surface area contributed by atoms with E-state index in [0.29, 0.717) is 6.54 Å². The molecule has 186 valence electrons. The Labute approximate surface area is 209 Å². The Morgan fingerprint density at radius 1 is 0.861 bits per heavy atom. The van der Waals surface area contributed by atoms with Gasteiger partial charge in [-0.15, -0.1) is 5.10 Å². The number of methoxy groups -OCH3 is 2. The number of rotatable bonds is 8. The van der Waals surface area contributed by atoms with Crippen LogP contribution < -0.4 is 14.4 Å². The molecule has 3 aromatic carbocycles. The number of benzene rings is 3. The third-order valence-corrected chi connectivity index (χ3v) is 6.59. The average Bonchev–Trinajstić information content (AvgIpc) is 3.38. The average molecular weight is 489 g/mol. The quantitative estimate of drug-likeness (QED) is 0.374. The molecule has 5 rings (SSSR count). The largest absolute Gasteiger partial charge is 0.497 e. The third kappa shape index (κ3) is 5.01. The molecule has 1 atom stereocenters. The van der Waals surface area contributed by atoms with E-state index >= 15 is 0 Å². The van der Waals surface area contributed by atoms with Gasteiger partial charge >= 0.3 is 0 Å². The summed E-state index contributed by atoms with van der Waals surface area (Å²) in [5.74, 6) is 2.15. The van der Waals surface area contributed by atoms with Crippen molar-refractivity contribution < 1.29 is 13.9 Å². The Morgan fingerprint density at radius 3 is 2.28 bits per heavy atom. The number of nitrogens with zero attached hydrogens (tertiary/aromatic N) is 6. The predicted octanol–water partition coefficient (Wildman–Crippen LogP) is 3.79. The van der Waals surface area contributed by atoms with Gasteiger partial charge in [-0.25, -0.2) is 9.07 Å². The van der Waals surface area contributed by atoms with Crippen molar-refractivity contribution in [2.75, 3.05) is 45.3 Å². The van der Waals surface area contributed by atoms with E-state index in [-0.39, 0.29) is 11.9 Å². The summed E-state index contributed by atoms with van der Waals surface area (Å²) in [4.78, 5) is 4.75. The van der Waals surface area contributed by atoms with Crippen molar-refractivity contribution in [1.29, 1.82) is 0 Å². The van der Waals surface area contributed by atoms with Gasteiger partial charge in [0, 0.05) is 26.2 Å². The van der Waals surface area contributed by atoms with Crippen LogP contribution >= 0.6 is 0 Å². The molecule has 0 aliphatic carbocycles. The lowest BCUT2D eigenvalue weighted by molar-refractivity contribution is 0.201. The van der Waals surface area contributed by atoms with Crippen LogP contribution in [0.15, 0.2) is 72.8 Å². The van der Waals surface area contributed by atoms with Gasteiger partial charge in [-0.3, -0.25) is 4.90 Å². The molecule has 1 aliphatic rings. The molecule has 1 aromatic heterocycles. The molecule has 1 saturated heterocycles. The van der Waals surface area contributed by atoms with Crippen molar-refractivity contribution >= 4 is 5.69 Å². The van der Waals surface area contributed by atoms with Gasteiger partial charge in [0.15, 0.2) is 5.82 Å². The van der Waals surface area contributed by atoms with Crippen molar-refractivity contribution in [3.05, 3.63) is 95.6 Å². The van der Waals surface area contributed by atoms with Gasteiger partial charge in [-0.05, 0) is 58.0 Å². The first kappa shape index (κ1) is 23.7. The van der Waals surface area contributed by atoms with Crippen molar-refractivity contribution in [1.82, 2.24) is 25.1 Å². The number of piperazine rings is 1. The Kier molecular flexibility index (Phi) is 7.08. The monoisotopic (exact) mass is 488 g/mol. The molecule has 1 fully saturated rings. The second kappa shape index (κ2) is 10.7. The van der Waals surface area contributed by atoms with E-state index in [1.54, 1.807) is 31.0 Å². The van der Waals surface area contributed by atoms with Gasteiger partial charge in [0.2, 0.25) is 0 Å². The van der Waals surface area contributed by atoms with Crippen LogP contribution in [0.25, 0.3) is 0 Å². The van der Waals surface area contributed by atoms with Gasteiger partial charge in [0.1, 0.15) is 17.3 Å². The molecule has 36 heavy (non-hydrogen) atoms. The summed E-state index contributed by atoms with van der Waals surface area (Å²) in [7, 11) is 3.36. The molecule has 0 radical (unpaired) electrons. The Hall–Kier alpha value is -3.98. The molecule has 0 bridgehead atoms. The number of para-hydroxylation sites is 2. The predicted molar refractivity (Wildman–Crippen MR) is 135 cm³/mol. The molecule has 0 amide bonds. The highest BCUT2D eigenvalue weighted by molar-refractivity contribution is 5.58. The fraction of sp³-hybridized carbons (Fsp3) is 0.296. The lowest BCUT2D eigenvalue weighted by atomic mass is 10.0. The summed E-state index contributed by atoms with van der Waals surface area (Å²) >= 11 is 0. The van der Waals surface area contributed by atoms with Crippen LogP contribution in [0.5, 0.6) is 11.5 Å². The van der Waals surface area contributed by atoms with Crippen molar-refractivity contribution in [3.8, 4) is 11.5 Å². The first-order chi connectivity index (χ1) is 17.7. The molecule has 4 aromatic rings. The van der Waals surface area contributed by atoms with E-state index in [0.717, 1.165) is 60.3 Å². The van der Waals surface area contributed by atoms with Crippen molar-refractivity contribution in [2.45, 2.75) is 12.6 Å². The lowest BCUT2D eigenvalue weighted by Gasteiger charge is -2.40. The van der Waals surface area contributed by atoms with E-state index in [1.807, 2.05) is 30.3 Å². The van der Waals surface area contributed by atoms with Crippen molar-refractivity contribution in [3.63, 3.8) is 0 Å². The zero-order valence-corrected chi connectivity index (χ0v) is 20.4. The molecule has 0 N–H and O–H groups in total. The topological polar surface area (TPSA) is 68.5 Å². The van der Waals surface area contributed by atoms with E-state index in [1.165, 1.54) is 12.1 Å². The van der Waals surface area contributed by atoms with Gasteiger partial charge < -0.3 is 14.4 Å². The first-order valence-electron chi connectivity index (χ1n) is 11.9. The summed E-state index contributed by atoms with van der Waals surface area (Å²) in [6.07, 6.45) is 0. The molecule has 2 heterocycles. The van der Waals surface area contributed by atoms with E-state index < -0.39 is 0 Å². The van der Waals surface area contributed by atoms with Crippen LogP contribution in [0, 0.1) is 5.82 Å². The number of aromatic nitrogens is 4. The highest BCUT2D eigenvalue weighted by Crippen LogP contribution is 2.33. The first-order valence-corrected chi connectivity index (χ1v) is 11.9. The van der Waals surface area contributed by atoms with E-state index in [2.05, 4.69) is 43.5 Å². The van der Waals surface area contributed by atoms with Crippen molar-refractivity contribution in [2.24, 2.45) is 0 Å². The fourth-order valence-electron chi connectivity index (χ4n) is 4.70. The molecular formula is C27H29FN6O2. The molecule has 0 saturated carbocycles. The summed E-state index contributed by atoms with van der Waals surface area (Å²) in [5.41, 5.74) is 3.11. The Bertz CT molecular complexity index is 1270. The third-order valence-electron chi connectivity index (χ3n) is 6.59. The standard InChI is InChI=1S/C27H29FN6O2/c1-35-23-13-9-21(10-14-23)26(27-29-30-31-34(27)19-20-7-11-22(28)12-8-20)33-17-15-32(16-18-33)24-5-3-4-6-25(24)36-2/h3-14,26H,15-19H2,1-2H3/t26-/m0/s1. The summed E-state index contributed by atoms with van der Waals surface area (Å²) < 4.78 is 26.2. The minimum Gasteiger partial charge on any atom is -0.497 e. The maximum absolute atomic E-state index is 13.4. The number of hydrogen-bond donors (Lipinski definition) is 0. The maximum Gasteiger partial charge on any atom is 0.173 e. The van der Waals surface area contributed by atoms with Gasteiger partial charge in [0.25, 0.3) is 0 Å². The molecule has 8 nitrogen and oxygen atoms in total. The van der Waals surface area contributed by atoms with Crippen LogP contribution in [0.2, 0.25) is 0 Å². The number of hydrogen-bond acceptors (Lipinski definition) is 7. The summed E-state index contributed by atoms with van der Waals surface area (Å²) in [6, 6.07) is 22.4. The molecule has 9 heteroatoms. The van der Waals surface area contributed by atoms with Gasteiger partial charge in [-0.2, -0.15) is 0 Å². The van der Waals surface area contributed by atoms with E-state index in [4.69, 9.17) is 9.47 Å². The summed E-state index contributed by atoms with van der Waals surface area (Å²) in [6.45, 7) is 3.77. The SMILES string of the molecule is COc1ccc([C@@H](c2nnnn2Cc2ccc(F)cc2)N2CCN(c3ccccc3OC)CC2)cc1. The number of tetrazole rings is 1. The lowest BCUT2D eigenvalue weighted by Crippen LogP contribution is -2.48. The zero-order valence-electron chi connectivity index (χ0n) is 20.4. The van der Waals surface area contributed by atoms with E-state index in [9.17, 15) is 4.39 Å². The fourth-order valence-corrected chi connectivity index (χ4v) is 4.70. The van der Waals surface area contributed by atoms with Gasteiger partial charge in [0.05, 0.1) is 32.5 Å². The van der Waals surface area contributed by atoms with Crippen LogP contribution in [0.1, 0.15) is 23.0 Å². The summed E-state index contributed by atoms with van der Waals surface area (Å²) in [5, 5.41) is 12.7. The normalized spacial score (nSPS) is 15.0. The van der Waals surface area contributed by atoms with Crippen LogP contribution in [0.3, 0.4) is 0 Å². The molecule has 0 unspecified atom stereocenters. The maximum atomic E-state index is 13.4. The van der Waals surface area contributed by atoms with Crippen LogP contribution in [-0.2, 0) is 6.54 Å². The second-order valence-electron chi connectivity index (χ2n) is 8.69. The van der Waals surface area contributed by atoms with Crippen LogP contribution in [0.4, 0.5) is 10.1 Å².